The lowest BCUT2D eigenvalue weighted by atomic mass is 10.3. The van der Waals surface area contributed by atoms with Gasteiger partial charge in [-0.15, -0.1) is 0 Å². The summed E-state index contributed by atoms with van der Waals surface area (Å²) in [5.74, 6) is -3.08. The number of benzene rings is 2. The molecule has 0 bridgehead atoms. The minimum Gasteiger partial charge on any atom is -0.495 e. The quantitative estimate of drug-likeness (QED) is 0.195. The van der Waals surface area contributed by atoms with Gasteiger partial charge < -0.3 is 25.1 Å². The molecule has 192 valence electrons. The molecule has 2 aromatic carbocycles. The highest BCUT2D eigenvalue weighted by molar-refractivity contribution is 6.41. The predicted molar refractivity (Wildman–Crippen MR) is 138 cm³/mol. The number of anilines is 2. The van der Waals surface area contributed by atoms with Crippen molar-refractivity contribution >= 4 is 76.0 Å². The maximum atomic E-state index is 12.1. The fourth-order valence-electron chi connectivity index (χ4n) is 2.78. The molecule has 1 aromatic heterocycles. The Balaban J connectivity index is 1.46. The van der Waals surface area contributed by atoms with Crippen LogP contribution in [0.3, 0.4) is 0 Å². The molecular weight excluding hydrogens is 549 g/mol. The van der Waals surface area contributed by atoms with Crippen LogP contribution in [0.1, 0.15) is 11.5 Å². The lowest BCUT2D eigenvalue weighted by molar-refractivity contribution is -0.136. The number of hydrogen-bond donors (Lipinski definition) is 4. The zero-order valence-corrected chi connectivity index (χ0v) is 21.2. The average Bonchev–Trinajstić information content (AvgIpc) is 3.29. The number of rotatable bonds is 7. The van der Waals surface area contributed by atoms with Crippen LogP contribution in [-0.4, -0.2) is 37.0 Å². The van der Waals surface area contributed by atoms with E-state index < -0.39 is 23.6 Å². The summed E-state index contributed by atoms with van der Waals surface area (Å²) in [4.78, 5) is 48.2. The van der Waals surface area contributed by atoms with Crippen molar-refractivity contribution in [3.8, 4) is 5.75 Å². The standard InChI is InChI=1S/C23H18Cl3N5O6/c1-36-19-5-2-12(24)9-18(19)30-22(34)23(35)31-28-11-17-4-3-16(37-17)10-27-20(32)21(33)29-15-7-13(25)6-14(26)8-15/h2-9,11H,10H2,1H3,(H,27,32)(H,29,33)(H,30,34)(H,31,35)/b28-11-. The normalized spacial score (nSPS) is 10.6. The van der Waals surface area contributed by atoms with E-state index in [9.17, 15) is 19.2 Å². The lowest BCUT2D eigenvalue weighted by Gasteiger charge is -2.09. The van der Waals surface area contributed by atoms with Crippen LogP contribution in [0.5, 0.6) is 5.75 Å². The van der Waals surface area contributed by atoms with Crippen molar-refractivity contribution in [1.82, 2.24) is 10.7 Å². The monoisotopic (exact) mass is 565 g/mol. The van der Waals surface area contributed by atoms with Gasteiger partial charge in [-0.3, -0.25) is 19.2 Å². The van der Waals surface area contributed by atoms with Gasteiger partial charge in [0, 0.05) is 20.8 Å². The zero-order valence-electron chi connectivity index (χ0n) is 18.9. The predicted octanol–water partition coefficient (Wildman–Crippen LogP) is 3.59. The number of carbonyl (C=O) groups excluding carboxylic acids is 4. The van der Waals surface area contributed by atoms with Crippen molar-refractivity contribution in [2.24, 2.45) is 5.10 Å². The molecule has 4 N–H and O–H groups in total. The number of methoxy groups -OCH3 is 1. The fourth-order valence-corrected chi connectivity index (χ4v) is 3.48. The molecule has 4 amide bonds. The third-order valence-electron chi connectivity index (χ3n) is 4.41. The van der Waals surface area contributed by atoms with E-state index in [0.717, 1.165) is 6.21 Å². The number of hydrogen-bond acceptors (Lipinski definition) is 7. The summed E-state index contributed by atoms with van der Waals surface area (Å²) in [5.41, 5.74) is 2.52. The molecule has 0 saturated heterocycles. The summed E-state index contributed by atoms with van der Waals surface area (Å²) in [7, 11) is 1.40. The van der Waals surface area contributed by atoms with E-state index in [4.69, 9.17) is 44.0 Å². The van der Waals surface area contributed by atoms with Crippen LogP contribution < -0.4 is 26.1 Å². The molecule has 0 aliphatic rings. The second-order valence-electron chi connectivity index (χ2n) is 7.10. The highest BCUT2D eigenvalue weighted by Crippen LogP contribution is 2.27. The van der Waals surface area contributed by atoms with Gasteiger partial charge in [-0.2, -0.15) is 5.10 Å². The summed E-state index contributed by atoms with van der Waals surface area (Å²) in [6.07, 6.45) is 1.14. The first-order chi connectivity index (χ1) is 17.6. The van der Waals surface area contributed by atoms with Crippen LogP contribution in [0.15, 0.2) is 58.0 Å². The van der Waals surface area contributed by atoms with E-state index in [1.165, 1.54) is 49.6 Å². The average molecular weight is 567 g/mol. The van der Waals surface area contributed by atoms with E-state index in [-0.39, 0.29) is 23.7 Å². The Kier molecular flexibility index (Phi) is 9.50. The summed E-state index contributed by atoms with van der Waals surface area (Å²) < 4.78 is 10.5. The van der Waals surface area contributed by atoms with E-state index in [1.807, 2.05) is 0 Å². The number of ether oxygens (including phenoxy) is 1. The first-order valence-corrected chi connectivity index (χ1v) is 11.4. The van der Waals surface area contributed by atoms with Gasteiger partial charge in [0.15, 0.2) is 0 Å². The molecule has 37 heavy (non-hydrogen) atoms. The van der Waals surface area contributed by atoms with Crippen molar-refractivity contribution in [2.75, 3.05) is 17.7 Å². The lowest BCUT2D eigenvalue weighted by Crippen LogP contribution is -2.34. The van der Waals surface area contributed by atoms with Crippen molar-refractivity contribution in [3.63, 3.8) is 0 Å². The molecule has 0 fully saturated rings. The van der Waals surface area contributed by atoms with Crippen LogP contribution in [0.4, 0.5) is 11.4 Å². The maximum absolute atomic E-state index is 12.1. The summed E-state index contributed by atoms with van der Waals surface area (Å²) in [6, 6.07) is 11.9. The topological polar surface area (TPSA) is 151 Å². The molecule has 11 nitrogen and oxygen atoms in total. The van der Waals surface area contributed by atoms with Gasteiger partial charge in [-0.1, -0.05) is 34.8 Å². The first-order valence-electron chi connectivity index (χ1n) is 10.3. The number of nitrogens with one attached hydrogen (secondary N) is 4. The van der Waals surface area contributed by atoms with Gasteiger partial charge in [-0.25, -0.2) is 5.43 Å². The maximum Gasteiger partial charge on any atom is 0.329 e. The van der Waals surface area contributed by atoms with E-state index in [2.05, 4.69) is 26.5 Å². The number of hydrazone groups is 1. The van der Waals surface area contributed by atoms with Crippen molar-refractivity contribution in [3.05, 3.63) is 75.1 Å². The molecule has 0 saturated carbocycles. The SMILES string of the molecule is COc1ccc(Cl)cc1NC(=O)C(=O)N/N=C\c1ccc(CNC(=O)C(=O)Nc2cc(Cl)cc(Cl)c2)o1. The molecule has 0 aliphatic carbocycles. The van der Waals surface area contributed by atoms with Crippen LogP contribution in [0.2, 0.25) is 15.1 Å². The summed E-state index contributed by atoms with van der Waals surface area (Å²) in [5, 5.41) is 11.7. The van der Waals surface area contributed by atoms with Gasteiger partial charge in [0.25, 0.3) is 0 Å². The van der Waals surface area contributed by atoms with E-state index >= 15 is 0 Å². The molecule has 0 radical (unpaired) electrons. The smallest absolute Gasteiger partial charge is 0.329 e. The summed E-state index contributed by atoms with van der Waals surface area (Å²) >= 11 is 17.6. The molecule has 3 aromatic rings. The zero-order chi connectivity index (χ0) is 26.9. The number of halogens is 3. The molecular formula is C23H18Cl3N5O6. The second-order valence-corrected chi connectivity index (χ2v) is 8.41. The summed E-state index contributed by atoms with van der Waals surface area (Å²) in [6.45, 7) is -0.105. The number of nitrogens with zero attached hydrogens (tertiary/aromatic N) is 1. The third kappa shape index (κ3) is 8.24. The first kappa shape index (κ1) is 27.5. The fraction of sp³-hybridized carbons (Fsp3) is 0.0870. The highest BCUT2D eigenvalue weighted by atomic mass is 35.5. The minimum atomic E-state index is -1.05. The van der Waals surface area contributed by atoms with Crippen LogP contribution in [-0.2, 0) is 25.7 Å². The largest absolute Gasteiger partial charge is 0.495 e. The number of furan rings is 1. The Labute approximate surface area is 225 Å². The molecule has 0 unspecified atom stereocenters. The van der Waals surface area contributed by atoms with Crippen LogP contribution in [0.25, 0.3) is 0 Å². The molecule has 14 heteroatoms. The van der Waals surface area contributed by atoms with E-state index in [1.54, 1.807) is 6.07 Å². The van der Waals surface area contributed by atoms with Gasteiger partial charge in [0.1, 0.15) is 17.3 Å². The molecule has 0 atom stereocenters. The Morgan fingerprint density at radius 1 is 0.865 bits per heavy atom. The third-order valence-corrected chi connectivity index (χ3v) is 5.08. The molecule has 0 aliphatic heterocycles. The Morgan fingerprint density at radius 2 is 1.57 bits per heavy atom. The Hall–Kier alpha value is -4.06. The Morgan fingerprint density at radius 3 is 2.27 bits per heavy atom. The Bertz CT molecular complexity index is 1350. The van der Waals surface area contributed by atoms with Gasteiger partial charge >= 0.3 is 23.6 Å². The van der Waals surface area contributed by atoms with Crippen LogP contribution in [0, 0.1) is 0 Å². The highest BCUT2D eigenvalue weighted by Gasteiger charge is 2.17. The van der Waals surface area contributed by atoms with Gasteiger partial charge in [0.2, 0.25) is 0 Å². The van der Waals surface area contributed by atoms with Crippen molar-refractivity contribution < 1.29 is 28.3 Å². The van der Waals surface area contributed by atoms with Crippen molar-refractivity contribution in [1.29, 1.82) is 0 Å². The van der Waals surface area contributed by atoms with Crippen LogP contribution >= 0.6 is 34.8 Å². The van der Waals surface area contributed by atoms with Crippen molar-refractivity contribution in [2.45, 2.75) is 6.54 Å². The minimum absolute atomic E-state index is 0.105. The van der Waals surface area contributed by atoms with Gasteiger partial charge in [0.05, 0.1) is 25.6 Å². The second kappa shape index (κ2) is 12.8. The van der Waals surface area contributed by atoms with E-state index in [0.29, 0.717) is 26.6 Å². The molecule has 0 spiro atoms. The van der Waals surface area contributed by atoms with Gasteiger partial charge in [-0.05, 0) is 48.5 Å². The molecule has 1 heterocycles. The number of amides is 4. The number of carbonyl (C=O) groups is 4. The molecule has 3 rings (SSSR count).